The molecule has 2 aromatic heterocycles. The van der Waals surface area contributed by atoms with E-state index in [1.165, 1.54) is 19.2 Å². The first kappa shape index (κ1) is 34.9. The molecule has 8 N–H and O–H groups in total. The predicted octanol–water partition coefficient (Wildman–Crippen LogP) is -0.925. The molecule has 0 saturated carbocycles. The lowest BCUT2D eigenvalue weighted by molar-refractivity contribution is -0.659. The van der Waals surface area contributed by atoms with Gasteiger partial charge in [-0.2, -0.15) is 13.5 Å². The Kier molecular flexibility index (Phi) is 10.6. The van der Waals surface area contributed by atoms with Crippen molar-refractivity contribution in [3.8, 4) is 16.9 Å². The second-order valence-corrected chi connectivity index (χ2v) is 12.4. The summed E-state index contributed by atoms with van der Waals surface area (Å²) in [6.07, 6.45) is 1.88. The summed E-state index contributed by atoms with van der Waals surface area (Å²) in [7, 11) is -3.18. The van der Waals surface area contributed by atoms with Gasteiger partial charge in [-0.25, -0.2) is 14.3 Å². The molecule has 1 aliphatic rings. The number of aryl methyl sites for hydroxylation is 1. The highest BCUT2D eigenvalue weighted by Gasteiger charge is 2.58. The van der Waals surface area contributed by atoms with Gasteiger partial charge in [0.1, 0.15) is 30.3 Å². The summed E-state index contributed by atoms with van der Waals surface area (Å²) in [5.74, 6) is -2.52. The van der Waals surface area contributed by atoms with Crippen molar-refractivity contribution >= 4 is 56.3 Å². The number of nitrogens with one attached hydrogen (secondary N) is 2. The number of nitrogen functional groups attached to an aromatic ring is 1. The van der Waals surface area contributed by atoms with Crippen LogP contribution in [0.5, 0.6) is 5.75 Å². The Morgan fingerprint density at radius 2 is 1.96 bits per heavy atom. The molecule has 2 atom stereocenters. The number of hydrogen-bond acceptors (Lipinski definition) is 15. The van der Waals surface area contributed by atoms with Crippen molar-refractivity contribution in [3.63, 3.8) is 0 Å². The van der Waals surface area contributed by atoms with Crippen molar-refractivity contribution in [1.29, 1.82) is 0 Å². The highest BCUT2D eigenvalue weighted by Crippen LogP contribution is 2.33. The second kappa shape index (κ2) is 14.2. The average Bonchev–Trinajstić information content (AvgIpc) is 3.44. The van der Waals surface area contributed by atoms with Gasteiger partial charge in [0.25, 0.3) is 17.9 Å². The van der Waals surface area contributed by atoms with E-state index in [1.54, 1.807) is 30.5 Å². The quantitative estimate of drug-likeness (QED) is 0.0369. The Morgan fingerprint density at radius 3 is 2.51 bits per heavy atom. The number of rotatable bonds is 15. The van der Waals surface area contributed by atoms with Crippen LogP contribution in [-0.2, 0) is 41.0 Å². The molecule has 0 spiro atoms. The summed E-state index contributed by atoms with van der Waals surface area (Å²) in [6, 6.07) is 5.44. The monoisotopic (exact) mass is 694 g/mol. The van der Waals surface area contributed by atoms with Gasteiger partial charge < -0.3 is 31.5 Å². The number of thiazole rings is 1. The number of aliphatic carboxylic acids is 1. The van der Waals surface area contributed by atoms with Crippen LogP contribution in [0.4, 0.5) is 11.1 Å². The fraction of sp³-hybridized carbons (Fsp3) is 0.346. The van der Waals surface area contributed by atoms with Crippen molar-refractivity contribution in [2.75, 3.05) is 30.7 Å². The number of nitrogens with two attached hydrogens (primary N) is 2. The highest BCUT2D eigenvalue weighted by atomic mass is 32.3. The molecule has 3 heterocycles. The number of carboxylic acid groups (broad SMARTS) is 1. The largest absolute Gasteiger partial charge is 0.489 e. The predicted molar refractivity (Wildman–Crippen MR) is 165 cm³/mol. The summed E-state index contributed by atoms with van der Waals surface area (Å²) in [5.41, 5.74) is 10.8. The molecule has 1 unspecified atom stereocenters. The van der Waals surface area contributed by atoms with E-state index in [0.29, 0.717) is 29.9 Å². The van der Waals surface area contributed by atoms with Gasteiger partial charge in [-0.3, -0.25) is 19.5 Å². The number of amides is 2. The first-order valence-electron chi connectivity index (χ1n) is 13.6. The summed E-state index contributed by atoms with van der Waals surface area (Å²) in [6.45, 7) is 3.24. The minimum Gasteiger partial charge on any atom is -0.489 e. The van der Waals surface area contributed by atoms with E-state index < -0.39 is 58.2 Å². The molecule has 3 aromatic rings. The number of ether oxygens (including phenoxy) is 1. The fourth-order valence-corrected chi connectivity index (χ4v) is 5.23. The van der Waals surface area contributed by atoms with E-state index in [1.807, 2.05) is 17.8 Å². The van der Waals surface area contributed by atoms with Gasteiger partial charge in [-0.05, 0) is 31.5 Å². The van der Waals surface area contributed by atoms with Crippen molar-refractivity contribution in [2.24, 2.45) is 17.9 Å². The second-order valence-electron chi connectivity index (χ2n) is 10.5. The van der Waals surface area contributed by atoms with Gasteiger partial charge in [-0.15, -0.1) is 15.6 Å². The minimum atomic E-state index is -5.02. The van der Waals surface area contributed by atoms with Gasteiger partial charge >= 0.3 is 22.3 Å². The van der Waals surface area contributed by atoms with Crippen LogP contribution in [0, 0.1) is 0 Å². The molecule has 1 fully saturated rings. The first-order chi connectivity index (χ1) is 22.1. The van der Waals surface area contributed by atoms with Crippen LogP contribution in [0.1, 0.15) is 19.5 Å². The molecule has 0 aliphatic carbocycles. The van der Waals surface area contributed by atoms with Crippen LogP contribution in [0.2, 0.25) is 0 Å². The molecule has 2 amide bonds. The number of hydrogen-bond donors (Lipinski definition) is 6. The number of anilines is 2. The number of β-lactam (4-membered cyclic amide) rings is 1. The van der Waals surface area contributed by atoms with Crippen LogP contribution in [0.25, 0.3) is 11.1 Å². The smallest absolute Gasteiger partial charge is 0.418 e. The van der Waals surface area contributed by atoms with Crippen molar-refractivity contribution in [1.82, 2.24) is 20.3 Å². The zero-order chi connectivity index (χ0) is 34.5. The lowest BCUT2D eigenvalue weighted by Crippen LogP contribution is -2.76. The first-order valence-corrected chi connectivity index (χ1v) is 15.9. The third kappa shape index (κ3) is 8.45. The number of carboxylic acids is 1. The SMILES string of the molecule is C[n+]1cc(-c2ccc(OCC(O/N=C(\C(=O)N[C@@H]3C(=O)N(OS(=O)(=O)O)C3(C)C)c3csc(N)n3)C(=O)O)cc2)cnc1NCCN. The minimum absolute atomic E-state index is 0.0542. The molecule has 0 radical (unpaired) electrons. The van der Waals surface area contributed by atoms with E-state index in [4.69, 9.17) is 25.6 Å². The van der Waals surface area contributed by atoms with Crippen LogP contribution in [0.3, 0.4) is 0 Å². The van der Waals surface area contributed by atoms with Gasteiger partial charge in [0.05, 0.1) is 25.3 Å². The number of carbonyl (C=O) groups is 3. The zero-order valence-corrected chi connectivity index (χ0v) is 26.8. The molecule has 4 rings (SSSR count). The highest BCUT2D eigenvalue weighted by molar-refractivity contribution is 7.80. The maximum Gasteiger partial charge on any atom is 0.418 e. The fourth-order valence-electron chi connectivity index (χ4n) is 4.23. The number of aromatic nitrogens is 3. The number of benzene rings is 1. The number of hydroxylamine groups is 2. The van der Waals surface area contributed by atoms with E-state index in [0.717, 1.165) is 22.5 Å². The summed E-state index contributed by atoms with van der Waals surface area (Å²) < 4.78 is 42.8. The van der Waals surface area contributed by atoms with Crippen LogP contribution in [0.15, 0.2) is 47.2 Å². The van der Waals surface area contributed by atoms with Crippen molar-refractivity contribution in [3.05, 3.63) is 47.7 Å². The van der Waals surface area contributed by atoms with Crippen LogP contribution >= 0.6 is 11.3 Å². The van der Waals surface area contributed by atoms with Gasteiger partial charge in [0, 0.05) is 17.5 Å². The summed E-state index contributed by atoms with van der Waals surface area (Å²) >= 11 is 0.954. The van der Waals surface area contributed by atoms with Gasteiger partial charge in [-0.1, -0.05) is 22.3 Å². The lowest BCUT2D eigenvalue weighted by Gasteiger charge is -2.50. The Labute approximate surface area is 272 Å². The van der Waals surface area contributed by atoms with Crippen molar-refractivity contribution < 1.29 is 50.9 Å². The van der Waals surface area contributed by atoms with Crippen molar-refractivity contribution in [2.45, 2.75) is 31.5 Å². The lowest BCUT2D eigenvalue weighted by atomic mass is 9.84. The standard InChI is InChI=1S/C26H31N9O10S2/c1-26(2)20(22(37)35(26)45-47(40,41)42)32-21(36)19(17-13-46-24(28)31-17)33-44-18(23(38)39)12-43-16-6-4-14(5-7-16)15-10-30-25(29-9-8-27)34(3)11-15/h4-7,10-11,13,18,20H,8-9,12,27H2,1-3H3,(H5,28,31,32,36,38,39,40,41,42)/p+1/b33-19-/t18?,20-/m1/s1. The molecule has 21 heteroatoms. The molecule has 252 valence electrons. The third-order valence-corrected chi connectivity index (χ3v) is 7.67. The van der Waals surface area contributed by atoms with E-state index in [2.05, 4.69) is 30.0 Å². The van der Waals surface area contributed by atoms with Crippen LogP contribution in [-0.4, -0.2) is 94.0 Å². The van der Waals surface area contributed by atoms with E-state index >= 15 is 0 Å². The third-order valence-electron chi connectivity index (χ3n) is 6.66. The molecule has 0 bridgehead atoms. The Bertz CT molecular complexity index is 1780. The van der Waals surface area contributed by atoms with Gasteiger partial charge in [0.15, 0.2) is 10.8 Å². The molecule has 1 saturated heterocycles. The molecule has 1 aliphatic heterocycles. The van der Waals surface area contributed by atoms with E-state index in [-0.39, 0.29) is 10.8 Å². The summed E-state index contributed by atoms with van der Waals surface area (Å²) in [4.78, 5) is 51.2. The molecular formula is C26H32N9O10S2+. The Balaban J connectivity index is 1.44. The average molecular weight is 695 g/mol. The normalized spacial score (nSPS) is 16.6. The Hall–Kier alpha value is -4.96. The molecule has 1 aromatic carbocycles. The molecule has 47 heavy (non-hydrogen) atoms. The van der Waals surface area contributed by atoms with Crippen LogP contribution < -0.4 is 31.4 Å². The molecule has 19 nitrogen and oxygen atoms in total. The summed E-state index contributed by atoms with van der Waals surface area (Å²) in [5, 5.41) is 20.7. The number of nitrogens with zero attached hydrogens (tertiary/aromatic N) is 5. The molecular weight excluding hydrogens is 662 g/mol. The van der Waals surface area contributed by atoms with E-state index in [9.17, 15) is 27.9 Å². The Morgan fingerprint density at radius 1 is 1.26 bits per heavy atom. The maximum atomic E-state index is 13.2. The maximum absolute atomic E-state index is 13.2. The van der Waals surface area contributed by atoms with Gasteiger partial charge in [0.2, 0.25) is 0 Å². The topological polar surface area (TPSA) is 275 Å². The zero-order valence-electron chi connectivity index (χ0n) is 25.2. The number of oxime groups is 1. The number of carbonyl (C=O) groups excluding carboxylic acids is 2.